The molecule has 0 N–H and O–H groups in total. The molecular weight excluding hydrogens is 412 g/mol. The van der Waals surface area contributed by atoms with Crippen molar-refractivity contribution in [2.24, 2.45) is 0 Å². The van der Waals surface area contributed by atoms with E-state index in [0.29, 0.717) is 29.1 Å². The third-order valence-corrected chi connectivity index (χ3v) is 7.15. The van der Waals surface area contributed by atoms with E-state index in [0.717, 1.165) is 32.6 Å². The van der Waals surface area contributed by atoms with Crippen LogP contribution >= 0.6 is 34.7 Å². The molecule has 0 bridgehead atoms. The lowest BCUT2D eigenvalue weighted by atomic mass is 9.94. The van der Waals surface area contributed by atoms with Gasteiger partial charge in [0.05, 0.1) is 17.6 Å². The zero-order chi connectivity index (χ0) is 19.9. The maximum atomic E-state index is 13.3. The predicted octanol–water partition coefficient (Wildman–Crippen LogP) is 5.44. The minimum absolute atomic E-state index is 0.0127. The predicted molar refractivity (Wildman–Crippen MR) is 118 cm³/mol. The number of fused-ring (bicyclic) bond motifs is 3. The molecule has 4 rings (SSSR count). The fourth-order valence-electron chi connectivity index (χ4n) is 3.34. The second-order valence-electron chi connectivity index (χ2n) is 7.42. The maximum Gasteiger partial charge on any atom is 0.263 e. The van der Waals surface area contributed by atoms with Crippen molar-refractivity contribution in [3.8, 4) is 0 Å². The van der Waals surface area contributed by atoms with Crippen LogP contribution in [0, 0.1) is 0 Å². The minimum atomic E-state index is -0.265. The fourth-order valence-corrected chi connectivity index (χ4v) is 5.57. The van der Waals surface area contributed by atoms with Gasteiger partial charge in [-0.1, -0.05) is 41.6 Å². The van der Waals surface area contributed by atoms with Crippen molar-refractivity contribution < 1.29 is 4.74 Å². The van der Waals surface area contributed by atoms with Crippen LogP contribution in [0.15, 0.2) is 46.9 Å². The molecule has 3 aromatic rings. The first-order valence-corrected chi connectivity index (χ1v) is 11.2. The van der Waals surface area contributed by atoms with E-state index in [4.69, 9.17) is 21.3 Å². The number of benzene rings is 1. The number of hydrogen-bond donors (Lipinski definition) is 0. The summed E-state index contributed by atoms with van der Waals surface area (Å²) in [5, 5.41) is 2.17. The molecule has 28 heavy (non-hydrogen) atoms. The highest BCUT2D eigenvalue weighted by molar-refractivity contribution is 7.98. The SMILES string of the molecule is C=CCn1c(SCc2ccc(Cl)cc2)nc2sc3c(c2c1=O)CC(C)(C)OC3. The van der Waals surface area contributed by atoms with Gasteiger partial charge in [-0.2, -0.15) is 0 Å². The number of ether oxygens (including phenoxy) is 1. The third kappa shape index (κ3) is 3.79. The number of aromatic nitrogens is 2. The molecule has 2 aromatic heterocycles. The number of allylic oxidation sites excluding steroid dienone is 1. The van der Waals surface area contributed by atoms with E-state index in [1.165, 1.54) is 0 Å². The Morgan fingerprint density at radius 3 is 2.86 bits per heavy atom. The molecule has 1 aromatic carbocycles. The lowest BCUT2D eigenvalue weighted by molar-refractivity contribution is -0.0379. The first-order chi connectivity index (χ1) is 13.4. The summed E-state index contributed by atoms with van der Waals surface area (Å²) in [7, 11) is 0. The van der Waals surface area contributed by atoms with Gasteiger partial charge in [0.15, 0.2) is 5.16 Å². The van der Waals surface area contributed by atoms with E-state index >= 15 is 0 Å². The van der Waals surface area contributed by atoms with E-state index in [2.05, 4.69) is 20.4 Å². The summed E-state index contributed by atoms with van der Waals surface area (Å²) in [6, 6.07) is 7.74. The average molecular weight is 433 g/mol. The van der Waals surface area contributed by atoms with Gasteiger partial charge in [-0.05, 0) is 37.1 Å². The molecule has 146 valence electrons. The summed E-state index contributed by atoms with van der Waals surface area (Å²) < 4.78 is 7.65. The Hall–Kier alpha value is -1.60. The quantitative estimate of drug-likeness (QED) is 0.306. The first kappa shape index (κ1) is 19.7. The van der Waals surface area contributed by atoms with E-state index in [1.807, 2.05) is 24.3 Å². The summed E-state index contributed by atoms with van der Waals surface area (Å²) in [6.07, 6.45) is 2.47. The normalized spacial score (nSPS) is 15.5. The Bertz CT molecular complexity index is 1100. The van der Waals surface area contributed by atoms with Crippen molar-refractivity contribution in [2.45, 2.75) is 49.9 Å². The Morgan fingerprint density at radius 2 is 2.14 bits per heavy atom. The Labute approximate surface area is 177 Å². The highest BCUT2D eigenvalue weighted by Crippen LogP contribution is 2.37. The third-order valence-electron chi connectivity index (χ3n) is 4.75. The van der Waals surface area contributed by atoms with Gasteiger partial charge in [0.2, 0.25) is 0 Å². The molecule has 0 fully saturated rings. The zero-order valence-electron chi connectivity index (χ0n) is 15.8. The van der Waals surface area contributed by atoms with Crippen LogP contribution in [0.5, 0.6) is 0 Å². The van der Waals surface area contributed by atoms with Crippen molar-refractivity contribution in [1.82, 2.24) is 9.55 Å². The number of hydrogen-bond acceptors (Lipinski definition) is 5. The van der Waals surface area contributed by atoms with Crippen molar-refractivity contribution in [3.05, 3.63) is 68.3 Å². The zero-order valence-corrected chi connectivity index (χ0v) is 18.2. The van der Waals surface area contributed by atoms with Crippen molar-refractivity contribution in [2.75, 3.05) is 0 Å². The molecule has 0 radical (unpaired) electrons. The molecule has 0 atom stereocenters. The highest BCUT2D eigenvalue weighted by Gasteiger charge is 2.31. The van der Waals surface area contributed by atoms with E-state index in [1.54, 1.807) is 33.7 Å². The van der Waals surface area contributed by atoms with Gasteiger partial charge in [0, 0.05) is 28.6 Å². The van der Waals surface area contributed by atoms with Gasteiger partial charge in [0.1, 0.15) is 4.83 Å². The van der Waals surface area contributed by atoms with Crippen molar-refractivity contribution in [3.63, 3.8) is 0 Å². The van der Waals surface area contributed by atoms with Crippen molar-refractivity contribution >= 4 is 44.9 Å². The summed E-state index contributed by atoms with van der Waals surface area (Å²) in [5.41, 5.74) is 1.98. The van der Waals surface area contributed by atoms with Gasteiger partial charge in [-0.25, -0.2) is 4.98 Å². The largest absolute Gasteiger partial charge is 0.370 e. The lowest BCUT2D eigenvalue weighted by Gasteiger charge is -2.29. The number of thiophene rings is 1. The van der Waals surface area contributed by atoms with Crippen LogP contribution in [0.1, 0.15) is 29.9 Å². The van der Waals surface area contributed by atoms with Gasteiger partial charge in [-0.15, -0.1) is 17.9 Å². The lowest BCUT2D eigenvalue weighted by Crippen LogP contribution is -2.32. The van der Waals surface area contributed by atoms with Gasteiger partial charge < -0.3 is 4.74 Å². The van der Waals surface area contributed by atoms with Gasteiger partial charge >= 0.3 is 0 Å². The van der Waals surface area contributed by atoms with E-state index < -0.39 is 0 Å². The molecule has 0 saturated carbocycles. The summed E-state index contributed by atoms with van der Waals surface area (Å²) in [4.78, 5) is 20.1. The number of rotatable bonds is 5. The van der Waals surface area contributed by atoms with Gasteiger partial charge in [0.25, 0.3) is 5.56 Å². The monoisotopic (exact) mass is 432 g/mol. The standard InChI is InChI=1S/C21H21ClN2O2S2/c1-4-9-24-19(25)17-15-10-21(2,3)26-11-16(15)28-18(17)23-20(24)27-12-13-5-7-14(22)8-6-13/h4-8H,1,9-12H2,2-3H3. The first-order valence-electron chi connectivity index (χ1n) is 9.05. The average Bonchev–Trinajstić information content (AvgIpc) is 3.00. The molecular formula is C21H21ClN2O2S2. The molecule has 0 amide bonds. The van der Waals surface area contributed by atoms with Crippen LogP contribution in [0.3, 0.4) is 0 Å². The highest BCUT2D eigenvalue weighted by atomic mass is 35.5. The molecule has 0 unspecified atom stereocenters. The molecule has 0 spiro atoms. The Balaban J connectivity index is 1.76. The fraction of sp³-hybridized carbons (Fsp3) is 0.333. The van der Waals surface area contributed by atoms with Crippen molar-refractivity contribution in [1.29, 1.82) is 0 Å². The summed E-state index contributed by atoms with van der Waals surface area (Å²) in [5.74, 6) is 0.716. The van der Waals surface area contributed by atoms with E-state index in [-0.39, 0.29) is 11.2 Å². The Kier molecular flexibility index (Phi) is 5.40. The molecule has 1 aliphatic heterocycles. The van der Waals surface area contributed by atoms with Gasteiger partial charge in [-0.3, -0.25) is 9.36 Å². The molecule has 7 heteroatoms. The molecule has 3 heterocycles. The smallest absolute Gasteiger partial charge is 0.263 e. The number of thioether (sulfide) groups is 1. The maximum absolute atomic E-state index is 13.3. The minimum Gasteiger partial charge on any atom is -0.370 e. The molecule has 0 saturated heterocycles. The van der Waals surface area contributed by atoms with Crippen LogP contribution in [0.2, 0.25) is 5.02 Å². The van der Waals surface area contributed by atoms with E-state index in [9.17, 15) is 4.79 Å². The van der Waals surface area contributed by atoms with Crippen LogP contribution in [0.4, 0.5) is 0 Å². The summed E-state index contributed by atoms with van der Waals surface area (Å²) in [6.45, 7) is 8.92. The second kappa shape index (κ2) is 7.67. The van der Waals surface area contributed by atoms with Crippen LogP contribution in [-0.2, 0) is 30.1 Å². The van der Waals surface area contributed by atoms with Crippen LogP contribution < -0.4 is 5.56 Å². The second-order valence-corrected chi connectivity index (χ2v) is 9.89. The summed E-state index contributed by atoms with van der Waals surface area (Å²) >= 11 is 9.10. The molecule has 0 aliphatic carbocycles. The number of halogens is 1. The Morgan fingerprint density at radius 1 is 1.39 bits per heavy atom. The topological polar surface area (TPSA) is 44.1 Å². The molecule has 1 aliphatic rings. The van der Waals surface area contributed by atoms with Crippen LogP contribution in [-0.4, -0.2) is 15.2 Å². The number of nitrogens with zero attached hydrogens (tertiary/aromatic N) is 2. The van der Waals surface area contributed by atoms with Crippen LogP contribution in [0.25, 0.3) is 10.2 Å². The molecule has 4 nitrogen and oxygen atoms in total.